The summed E-state index contributed by atoms with van der Waals surface area (Å²) in [5, 5.41) is 29.8. The molecule has 0 heterocycles. The van der Waals surface area contributed by atoms with Crippen molar-refractivity contribution >= 4 is 39.5 Å². The van der Waals surface area contributed by atoms with Gasteiger partial charge in [0.2, 0.25) is 5.75 Å². The Morgan fingerprint density at radius 1 is 1.32 bits per heavy atom. The molecule has 0 aliphatic heterocycles. The first-order valence-electron chi connectivity index (χ1n) is 5.93. The van der Waals surface area contributed by atoms with E-state index in [1.165, 1.54) is 24.4 Å². The molecule has 2 aromatic rings. The van der Waals surface area contributed by atoms with Gasteiger partial charge >= 0.3 is 11.7 Å². The highest BCUT2D eigenvalue weighted by Crippen LogP contribution is 2.32. The van der Waals surface area contributed by atoms with Crippen molar-refractivity contribution in [1.82, 2.24) is 0 Å². The fourth-order valence-electron chi connectivity index (χ4n) is 1.75. The molecule has 0 spiro atoms. The average Bonchev–Trinajstić information content (AvgIpc) is 2.47. The number of para-hydroxylation sites is 1. The summed E-state index contributed by atoms with van der Waals surface area (Å²) in [6.07, 6.45) is 1.18. The molecular weight excluding hydrogens is 356 g/mol. The highest BCUT2D eigenvalue weighted by molar-refractivity contribution is 9.10. The summed E-state index contributed by atoms with van der Waals surface area (Å²) in [6, 6.07) is 8.65. The van der Waals surface area contributed by atoms with Crippen molar-refractivity contribution in [2.24, 2.45) is 4.99 Å². The van der Waals surface area contributed by atoms with Gasteiger partial charge in [-0.3, -0.25) is 15.1 Å². The fourth-order valence-corrected chi connectivity index (χ4v) is 2.21. The second kappa shape index (κ2) is 6.35. The maximum atomic E-state index is 11.1. The molecule has 2 rings (SSSR count). The quantitative estimate of drug-likeness (QED) is 0.489. The smallest absolute Gasteiger partial charge is 0.337 e. The number of nitro groups is 1. The molecule has 8 heteroatoms. The van der Waals surface area contributed by atoms with E-state index in [0.717, 1.165) is 6.07 Å². The van der Waals surface area contributed by atoms with Crippen LogP contribution >= 0.6 is 15.9 Å². The van der Waals surface area contributed by atoms with Gasteiger partial charge in [-0.1, -0.05) is 28.1 Å². The first-order chi connectivity index (χ1) is 10.4. The Hall–Kier alpha value is -2.74. The highest BCUT2D eigenvalue weighted by atomic mass is 79.9. The number of carbonyl (C=O) groups is 1. The predicted octanol–water partition coefficient (Wildman–Crippen LogP) is 3.51. The van der Waals surface area contributed by atoms with Gasteiger partial charge in [-0.25, -0.2) is 4.79 Å². The number of halogens is 1. The molecule has 0 aliphatic carbocycles. The summed E-state index contributed by atoms with van der Waals surface area (Å²) in [4.78, 5) is 25.2. The molecule has 0 radical (unpaired) electrons. The zero-order valence-corrected chi connectivity index (χ0v) is 12.5. The third kappa shape index (κ3) is 3.29. The molecule has 0 saturated heterocycles. The van der Waals surface area contributed by atoms with E-state index in [4.69, 9.17) is 5.11 Å². The summed E-state index contributed by atoms with van der Waals surface area (Å²) in [5.74, 6) is -1.68. The number of nitrogens with zero attached hydrogens (tertiary/aromatic N) is 2. The Morgan fingerprint density at radius 2 is 2.00 bits per heavy atom. The first-order valence-corrected chi connectivity index (χ1v) is 6.72. The minimum atomic E-state index is -1.14. The van der Waals surface area contributed by atoms with E-state index in [-0.39, 0.29) is 16.8 Å². The number of aromatic carboxylic acids is 1. The van der Waals surface area contributed by atoms with Crippen LogP contribution in [0.4, 0.5) is 11.4 Å². The monoisotopic (exact) mass is 364 g/mol. The molecule has 22 heavy (non-hydrogen) atoms. The summed E-state index contributed by atoms with van der Waals surface area (Å²) < 4.78 is 0.393. The van der Waals surface area contributed by atoms with Crippen LogP contribution in [0.5, 0.6) is 5.75 Å². The van der Waals surface area contributed by atoms with E-state index in [1.807, 2.05) is 0 Å². The number of carboxylic acid groups (broad SMARTS) is 1. The zero-order chi connectivity index (χ0) is 16.3. The SMILES string of the molecule is O=C(O)c1ccccc1N=Cc1cc(Br)cc([N+](=O)[O-])c1O. The van der Waals surface area contributed by atoms with E-state index < -0.39 is 22.3 Å². The molecule has 0 atom stereocenters. The number of carboxylic acids is 1. The topological polar surface area (TPSA) is 113 Å². The number of hydrogen-bond donors (Lipinski definition) is 2. The number of nitro benzene ring substituents is 1. The molecule has 0 aromatic heterocycles. The van der Waals surface area contributed by atoms with Crippen LogP contribution in [-0.4, -0.2) is 27.3 Å². The van der Waals surface area contributed by atoms with Crippen LogP contribution in [0.2, 0.25) is 0 Å². The van der Waals surface area contributed by atoms with Crippen LogP contribution in [0, 0.1) is 10.1 Å². The zero-order valence-electron chi connectivity index (χ0n) is 10.9. The molecule has 0 bridgehead atoms. The summed E-state index contributed by atoms with van der Waals surface area (Å²) >= 11 is 3.11. The van der Waals surface area contributed by atoms with Crippen molar-refractivity contribution in [3.63, 3.8) is 0 Å². The molecule has 112 valence electrons. The van der Waals surface area contributed by atoms with Gasteiger partial charge in [0.25, 0.3) is 0 Å². The number of aromatic hydroxyl groups is 1. The molecular formula is C14H9BrN2O5. The molecule has 0 saturated carbocycles. The van der Waals surface area contributed by atoms with Crippen molar-refractivity contribution in [3.05, 3.63) is 62.1 Å². The van der Waals surface area contributed by atoms with E-state index >= 15 is 0 Å². The summed E-state index contributed by atoms with van der Waals surface area (Å²) in [7, 11) is 0. The third-order valence-electron chi connectivity index (χ3n) is 2.76. The second-order valence-corrected chi connectivity index (χ2v) is 5.12. The van der Waals surface area contributed by atoms with E-state index in [1.54, 1.807) is 12.1 Å². The molecule has 7 nitrogen and oxygen atoms in total. The van der Waals surface area contributed by atoms with Gasteiger partial charge in [0, 0.05) is 22.3 Å². The Balaban J connectivity index is 2.48. The Kier molecular flexibility index (Phi) is 4.52. The van der Waals surface area contributed by atoms with Crippen molar-refractivity contribution in [2.75, 3.05) is 0 Å². The van der Waals surface area contributed by atoms with Gasteiger partial charge in [0.15, 0.2) is 0 Å². The van der Waals surface area contributed by atoms with Crippen molar-refractivity contribution in [3.8, 4) is 5.75 Å². The predicted molar refractivity (Wildman–Crippen MR) is 83.1 cm³/mol. The Labute approximate surface area is 132 Å². The summed E-state index contributed by atoms with van der Waals surface area (Å²) in [6.45, 7) is 0. The molecule has 2 N–H and O–H groups in total. The molecule has 0 fully saturated rings. The Bertz CT molecular complexity index is 789. The van der Waals surface area contributed by atoms with Crippen LogP contribution in [0.3, 0.4) is 0 Å². The van der Waals surface area contributed by atoms with E-state index in [2.05, 4.69) is 20.9 Å². The second-order valence-electron chi connectivity index (χ2n) is 4.20. The Morgan fingerprint density at radius 3 is 2.64 bits per heavy atom. The number of phenolic OH excluding ortho intramolecular Hbond substituents is 1. The number of hydrogen-bond acceptors (Lipinski definition) is 5. The van der Waals surface area contributed by atoms with Crippen molar-refractivity contribution in [1.29, 1.82) is 0 Å². The lowest BCUT2D eigenvalue weighted by Gasteiger charge is -2.03. The molecule has 0 amide bonds. The lowest BCUT2D eigenvalue weighted by molar-refractivity contribution is -0.385. The minimum Gasteiger partial charge on any atom is -0.502 e. The van der Waals surface area contributed by atoms with Crippen molar-refractivity contribution < 1.29 is 19.9 Å². The van der Waals surface area contributed by atoms with E-state index in [9.17, 15) is 20.0 Å². The fraction of sp³-hybridized carbons (Fsp3) is 0. The first kappa shape index (κ1) is 15.6. The van der Waals surface area contributed by atoms with Gasteiger partial charge < -0.3 is 10.2 Å². The summed E-state index contributed by atoms with van der Waals surface area (Å²) in [5.41, 5.74) is -0.205. The number of benzene rings is 2. The molecule has 0 unspecified atom stereocenters. The van der Waals surface area contributed by atoms with Crippen LogP contribution < -0.4 is 0 Å². The van der Waals surface area contributed by atoms with Gasteiger partial charge in [0.1, 0.15) is 0 Å². The standard InChI is InChI=1S/C14H9BrN2O5/c15-9-5-8(13(18)12(6-9)17(21)22)7-16-11-4-2-1-3-10(11)14(19)20/h1-7,18H,(H,19,20). The number of phenols is 1. The lowest BCUT2D eigenvalue weighted by atomic mass is 10.1. The largest absolute Gasteiger partial charge is 0.502 e. The normalized spacial score (nSPS) is 10.8. The van der Waals surface area contributed by atoms with Crippen LogP contribution in [0.1, 0.15) is 15.9 Å². The lowest BCUT2D eigenvalue weighted by Crippen LogP contribution is -1.96. The number of rotatable bonds is 4. The van der Waals surface area contributed by atoms with Crippen LogP contribution in [0.25, 0.3) is 0 Å². The maximum Gasteiger partial charge on any atom is 0.337 e. The number of aliphatic imine (C=N–C) groups is 1. The van der Waals surface area contributed by atoms with Gasteiger partial charge in [0.05, 0.1) is 16.2 Å². The van der Waals surface area contributed by atoms with Gasteiger partial charge in [-0.2, -0.15) is 0 Å². The minimum absolute atomic E-state index is 0.0114. The van der Waals surface area contributed by atoms with Crippen LogP contribution in [0.15, 0.2) is 45.9 Å². The van der Waals surface area contributed by atoms with Crippen molar-refractivity contribution in [2.45, 2.75) is 0 Å². The van der Waals surface area contributed by atoms with E-state index in [0.29, 0.717) is 4.47 Å². The van der Waals surface area contributed by atoms with Gasteiger partial charge in [-0.15, -0.1) is 0 Å². The molecule has 2 aromatic carbocycles. The molecule has 0 aliphatic rings. The van der Waals surface area contributed by atoms with Gasteiger partial charge in [-0.05, 0) is 18.2 Å². The highest BCUT2D eigenvalue weighted by Gasteiger charge is 2.17. The van der Waals surface area contributed by atoms with Crippen LogP contribution in [-0.2, 0) is 0 Å². The maximum absolute atomic E-state index is 11.1. The average molecular weight is 365 g/mol. The third-order valence-corrected chi connectivity index (χ3v) is 3.22.